The van der Waals surface area contributed by atoms with Crippen molar-refractivity contribution in [2.75, 3.05) is 32.0 Å². The summed E-state index contributed by atoms with van der Waals surface area (Å²) in [6.45, 7) is 2.88. The number of aromatic nitrogens is 3. The Kier molecular flexibility index (Phi) is 8.48. The van der Waals surface area contributed by atoms with E-state index in [2.05, 4.69) is 39.7 Å². The van der Waals surface area contributed by atoms with Crippen molar-refractivity contribution in [1.29, 1.82) is 0 Å². The van der Waals surface area contributed by atoms with Crippen molar-refractivity contribution in [2.24, 2.45) is 7.05 Å². The van der Waals surface area contributed by atoms with E-state index in [4.69, 9.17) is 15.2 Å². The average Bonchev–Trinajstić information content (AvgIpc) is 3.69. The van der Waals surface area contributed by atoms with Gasteiger partial charge in [0.05, 0.1) is 43.7 Å². The van der Waals surface area contributed by atoms with Gasteiger partial charge in [0.25, 0.3) is 11.8 Å². The Bertz CT molecular complexity index is 1580. The van der Waals surface area contributed by atoms with Crippen LogP contribution in [0, 0.1) is 0 Å². The molecule has 0 radical (unpaired) electrons. The minimum Gasteiger partial charge on any atom is -0.383 e. The van der Waals surface area contributed by atoms with Crippen molar-refractivity contribution in [3.63, 3.8) is 0 Å². The first-order chi connectivity index (χ1) is 20.9. The summed E-state index contributed by atoms with van der Waals surface area (Å²) >= 11 is 0. The van der Waals surface area contributed by atoms with E-state index in [0.717, 1.165) is 47.1 Å². The van der Waals surface area contributed by atoms with Crippen molar-refractivity contribution in [1.82, 2.24) is 25.0 Å². The zero-order valence-corrected chi connectivity index (χ0v) is 24.2. The number of pyridine rings is 1. The van der Waals surface area contributed by atoms with E-state index < -0.39 is 0 Å². The summed E-state index contributed by atoms with van der Waals surface area (Å²) in [5.74, 6) is -0.0144. The number of nitrogens with two attached hydrogens (primary N) is 1. The van der Waals surface area contributed by atoms with Crippen molar-refractivity contribution < 1.29 is 19.1 Å². The highest BCUT2D eigenvalue weighted by molar-refractivity contribution is 5.99. The smallest absolute Gasteiger partial charge is 0.255 e. The largest absolute Gasteiger partial charge is 0.383 e. The number of morpholine rings is 1. The molecule has 1 saturated heterocycles. The standard InChI is InChI=1S/C33H36N6O4/c1-38-20-27(19-36-38)26-17-28(31(34)35-18-26)32(40)37-29-3-2-4-30(29)43-21-22-5-7-23(8-6-22)24-9-11-25(12-10-24)33(41)39-13-15-42-16-14-39/h5-12,17-20,29-30H,2-4,13-16,21H2,1H3,(H2,34,35)(H,37,40)/t29-,30-/m0/s1. The maximum atomic E-state index is 13.2. The molecule has 2 aromatic carbocycles. The van der Waals surface area contributed by atoms with Crippen molar-refractivity contribution in [2.45, 2.75) is 38.0 Å². The van der Waals surface area contributed by atoms with Crippen LogP contribution in [0.3, 0.4) is 0 Å². The second-order valence-electron chi connectivity index (χ2n) is 11.1. The minimum atomic E-state index is -0.252. The van der Waals surface area contributed by atoms with Crippen LogP contribution in [0.5, 0.6) is 0 Å². The molecule has 0 spiro atoms. The van der Waals surface area contributed by atoms with Gasteiger partial charge < -0.3 is 25.4 Å². The topological polar surface area (TPSA) is 125 Å². The second-order valence-corrected chi connectivity index (χ2v) is 11.1. The lowest BCUT2D eigenvalue weighted by atomic mass is 10.0. The number of nitrogens with one attached hydrogen (secondary N) is 1. The molecule has 0 bridgehead atoms. The quantitative estimate of drug-likeness (QED) is 0.322. The van der Waals surface area contributed by atoms with Crippen LogP contribution < -0.4 is 11.1 Å². The van der Waals surface area contributed by atoms with Crippen LogP contribution in [0.4, 0.5) is 5.82 Å². The highest BCUT2D eigenvalue weighted by Crippen LogP contribution is 2.27. The van der Waals surface area contributed by atoms with Gasteiger partial charge in [-0.15, -0.1) is 0 Å². The number of carbonyl (C=O) groups is 2. The average molecular weight is 581 g/mol. The van der Waals surface area contributed by atoms with Crippen LogP contribution >= 0.6 is 0 Å². The molecule has 0 unspecified atom stereocenters. The van der Waals surface area contributed by atoms with E-state index >= 15 is 0 Å². The molecule has 222 valence electrons. The molecule has 3 heterocycles. The number of ether oxygens (including phenoxy) is 2. The SMILES string of the molecule is Cn1cc(-c2cnc(N)c(C(=O)N[C@H]3CCC[C@@H]3OCc3ccc(-c4ccc(C(=O)N5CCOCC5)cc4)cc3)c2)cn1. The number of rotatable bonds is 8. The van der Waals surface area contributed by atoms with Crippen LogP contribution in [-0.4, -0.2) is 69.9 Å². The predicted molar refractivity (Wildman–Crippen MR) is 163 cm³/mol. The summed E-state index contributed by atoms with van der Waals surface area (Å²) in [6.07, 6.45) is 7.86. The van der Waals surface area contributed by atoms with Gasteiger partial charge in [0.15, 0.2) is 0 Å². The number of amides is 2. The Morgan fingerprint density at radius 1 is 0.977 bits per heavy atom. The highest BCUT2D eigenvalue weighted by Gasteiger charge is 2.30. The summed E-state index contributed by atoms with van der Waals surface area (Å²) < 4.78 is 13.3. The maximum absolute atomic E-state index is 13.2. The normalized spacial score (nSPS) is 18.5. The van der Waals surface area contributed by atoms with Gasteiger partial charge in [-0.25, -0.2) is 4.98 Å². The Balaban J connectivity index is 1.04. The molecule has 2 aliphatic rings. The summed E-state index contributed by atoms with van der Waals surface area (Å²) in [5, 5.41) is 7.33. The highest BCUT2D eigenvalue weighted by atomic mass is 16.5. The van der Waals surface area contributed by atoms with Gasteiger partial charge in [-0.1, -0.05) is 36.4 Å². The number of hydrogen-bond donors (Lipinski definition) is 2. The number of hydrogen-bond acceptors (Lipinski definition) is 7. The number of carbonyl (C=O) groups excluding carboxylic acids is 2. The van der Waals surface area contributed by atoms with Gasteiger partial charge in [-0.05, 0) is 54.2 Å². The van der Waals surface area contributed by atoms with Gasteiger partial charge in [0, 0.05) is 49.2 Å². The van der Waals surface area contributed by atoms with Gasteiger partial charge in [0.1, 0.15) is 5.82 Å². The fraction of sp³-hybridized carbons (Fsp3) is 0.333. The fourth-order valence-corrected chi connectivity index (χ4v) is 5.67. The molecule has 10 nitrogen and oxygen atoms in total. The lowest BCUT2D eigenvalue weighted by Crippen LogP contribution is -2.41. The molecular formula is C33H36N6O4. The first kappa shape index (κ1) is 28.6. The third-order valence-corrected chi connectivity index (χ3v) is 8.15. The molecule has 2 amide bonds. The molecular weight excluding hydrogens is 544 g/mol. The third-order valence-electron chi connectivity index (χ3n) is 8.15. The van der Waals surface area contributed by atoms with Crippen LogP contribution in [0.1, 0.15) is 45.5 Å². The van der Waals surface area contributed by atoms with Crippen molar-refractivity contribution in [3.8, 4) is 22.3 Å². The maximum Gasteiger partial charge on any atom is 0.255 e. The predicted octanol–water partition coefficient (Wildman–Crippen LogP) is 4.07. The van der Waals surface area contributed by atoms with Crippen molar-refractivity contribution in [3.05, 3.63) is 89.9 Å². The first-order valence-electron chi connectivity index (χ1n) is 14.7. The van der Waals surface area contributed by atoms with E-state index in [1.165, 1.54) is 0 Å². The molecule has 1 aliphatic carbocycles. The Labute approximate surface area is 250 Å². The Morgan fingerprint density at radius 2 is 1.70 bits per heavy atom. The van der Waals surface area contributed by atoms with Crippen LogP contribution in [0.15, 0.2) is 73.2 Å². The second kappa shape index (κ2) is 12.8. The number of aryl methyl sites for hydroxylation is 1. The molecule has 4 aromatic rings. The van der Waals surface area contributed by atoms with E-state index in [9.17, 15) is 9.59 Å². The minimum absolute atomic E-state index is 0.0437. The number of nitrogen functional groups attached to an aromatic ring is 1. The lowest BCUT2D eigenvalue weighted by molar-refractivity contribution is 0.0272. The molecule has 6 rings (SSSR count). The summed E-state index contributed by atoms with van der Waals surface area (Å²) in [7, 11) is 1.84. The van der Waals surface area contributed by atoms with Gasteiger partial charge in [0.2, 0.25) is 0 Å². The fourth-order valence-electron chi connectivity index (χ4n) is 5.67. The van der Waals surface area contributed by atoms with E-state index in [1.54, 1.807) is 23.1 Å². The number of benzene rings is 2. The first-order valence-corrected chi connectivity index (χ1v) is 14.7. The van der Waals surface area contributed by atoms with Gasteiger partial charge >= 0.3 is 0 Å². The summed E-state index contributed by atoms with van der Waals surface area (Å²) in [4.78, 5) is 32.0. The van der Waals surface area contributed by atoms with E-state index in [1.807, 2.05) is 42.4 Å². The van der Waals surface area contributed by atoms with Crippen LogP contribution in [-0.2, 0) is 23.1 Å². The number of anilines is 1. The zero-order chi connectivity index (χ0) is 29.8. The summed E-state index contributed by atoms with van der Waals surface area (Å²) in [5.41, 5.74) is 11.9. The van der Waals surface area contributed by atoms with Crippen LogP contribution in [0.25, 0.3) is 22.3 Å². The molecule has 1 saturated carbocycles. The zero-order valence-electron chi connectivity index (χ0n) is 24.2. The van der Waals surface area contributed by atoms with Crippen LogP contribution in [0.2, 0.25) is 0 Å². The molecule has 43 heavy (non-hydrogen) atoms. The molecule has 10 heteroatoms. The molecule has 3 N–H and O–H groups in total. The third kappa shape index (κ3) is 6.60. The molecule has 2 fully saturated rings. The van der Waals surface area contributed by atoms with Gasteiger partial charge in [-0.2, -0.15) is 5.10 Å². The summed E-state index contributed by atoms with van der Waals surface area (Å²) in [6, 6.07) is 17.6. The van der Waals surface area contributed by atoms with E-state index in [0.29, 0.717) is 44.0 Å². The monoisotopic (exact) mass is 580 g/mol. The molecule has 1 aliphatic heterocycles. The van der Waals surface area contributed by atoms with E-state index in [-0.39, 0.29) is 29.8 Å². The molecule has 2 atom stereocenters. The lowest BCUT2D eigenvalue weighted by Gasteiger charge is -2.26. The van der Waals surface area contributed by atoms with Gasteiger partial charge in [-0.3, -0.25) is 14.3 Å². The Morgan fingerprint density at radius 3 is 2.40 bits per heavy atom. The number of nitrogens with zero attached hydrogens (tertiary/aromatic N) is 4. The Hall–Kier alpha value is -4.54. The van der Waals surface area contributed by atoms with Crippen molar-refractivity contribution >= 4 is 17.6 Å². The molecule has 2 aromatic heterocycles.